The molecule has 0 aromatic heterocycles. The Morgan fingerprint density at radius 2 is 1.61 bits per heavy atom. The van der Waals surface area contributed by atoms with Gasteiger partial charge in [0.1, 0.15) is 0 Å². The highest BCUT2D eigenvalue weighted by Crippen LogP contribution is 2.22. The molecular weight excluding hydrogens is 380 g/mol. The number of anilines is 1. The fourth-order valence-electron chi connectivity index (χ4n) is 3.01. The topological polar surface area (TPSA) is 90.0 Å². The van der Waals surface area contributed by atoms with Crippen LogP contribution in [0.25, 0.3) is 0 Å². The average molecular weight is 411 g/mol. The van der Waals surface area contributed by atoms with Gasteiger partial charge in [0, 0.05) is 51.9 Å². The Labute approximate surface area is 167 Å². The number of rotatable bonds is 5. The van der Waals surface area contributed by atoms with Gasteiger partial charge < -0.3 is 15.1 Å². The molecule has 0 saturated carbocycles. The number of hydrogen-bond donors (Lipinski definition) is 1. The summed E-state index contributed by atoms with van der Waals surface area (Å²) in [5, 5.41) is 2.85. The molecule has 1 aromatic carbocycles. The van der Waals surface area contributed by atoms with E-state index in [1.54, 1.807) is 38.2 Å². The highest BCUT2D eigenvalue weighted by Gasteiger charge is 2.28. The standard InChI is InChI=1S/C19H30N4O4S/c1-14(2)22(5)28(26,27)17-8-6-16(7-9-17)20-18(24)15-10-12-23(13-11-15)19(25)21(3)4/h6-9,14-15H,10-13H2,1-5H3,(H,20,24). The first kappa shape index (κ1) is 22.2. The first-order valence-electron chi connectivity index (χ1n) is 9.39. The summed E-state index contributed by atoms with van der Waals surface area (Å²) in [6, 6.07) is 6.02. The van der Waals surface area contributed by atoms with Crippen LogP contribution in [-0.2, 0) is 14.8 Å². The lowest BCUT2D eigenvalue weighted by Crippen LogP contribution is -2.45. The molecule has 1 heterocycles. The third-order valence-electron chi connectivity index (χ3n) is 5.04. The number of likely N-dealkylation sites (tertiary alicyclic amines) is 1. The Bertz CT molecular complexity index is 798. The third-order valence-corrected chi connectivity index (χ3v) is 7.09. The van der Waals surface area contributed by atoms with Crippen molar-refractivity contribution in [2.24, 2.45) is 5.92 Å². The van der Waals surface area contributed by atoms with Crippen molar-refractivity contribution in [1.82, 2.24) is 14.1 Å². The van der Waals surface area contributed by atoms with Crippen molar-refractivity contribution in [3.63, 3.8) is 0 Å². The van der Waals surface area contributed by atoms with Crippen LogP contribution in [0.1, 0.15) is 26.7 Å². The minimum atomic E-state index is -3.55. The monoisotopic (exact) mass is 410 g/mol. The average Bonchev–Trinajstić information content (AvgIpc) is 2.67. The highest BCUT2D eigenvalue weighted by atomic mass is 32.2. The molecule has 1 aliphatic heterocycles. The Kier molecular flexibility index (Phi) is 7.06. The zero-order valence-electron chi connectivity index (χ0n) is 17.2. The molecule has 1 fully saturated rings. The second-order valence-electron chi connectivity index (χ2n) is 7.57. The van der Waals surface area contributed by atoms with Crippen LogP contribution in [0.3, 0.4) is 0 Å². The second-order valence-corrected chi connectivity index (χ2v) is 9.56. The van der Waals surface area contributed by atoms with Crippen molar-refractivity contribution in [3.05, 3.63) is 24.3 Å². The highest BCUT2D eigenvalue weighted by molar-refractivity contribution is 7.89. The molecule has 0 aliphatic carbocycles. The summed E-state index contributed by atoms with van der Waals surface area (Å²) >= 11 is 0. The zero-order chi connectivity index (χ0) is 21.1. The molecule has 1 aromatic rings. The Hall–Kier alpha value is -2.13. The third kappa shape index (κ3) is 5.02. The predicted molar refractivity (Wildman–Crippen MR) is 109 cm³/mol. The van der Waals surface area contributed by atoms with Gasteiger partial charge in [-0.2, -0.15) is 4.31 Å². The van der Waals surface area contributed by atoms with Crippen LogP contribution in [0, 0.1) is 5.92 Å². The Morgan fingerprint density at radius 3 is 2.07 bits per heavy atom. The quantitative estimate of drug-likeness (QED) is 0.804. The summed E-state index contributed by atoms with van der Waals surface area (Å²) in [5.41, 5.74) is 0.558. The van der Waals surface area contributed by atoms with Gasteiger partial charge in [0.05, 0.1) is 4.90 Å². The van der Waals surface area contributed by atoms with Gasteiger partial charge in [0.2, 0.25) is 15.9 Å². The normalized spacial score (nSPS) is 15.8. The number of nitrogens with one attached hydrogen (secondary N) is 1. The SMILES string of the molecule is CC(C)N(C)S(=O)(=O)c1ccc(NC(=O)C2CCN(C(=O)N(C)C)CC2)cc1. The van der Waals surface area contributed by atoms with Gasteiger partial charge in [-0.3, -0.25) is 4.79 Å². The summed E-state index contributed by atoms with van der Waals surface area (Å²) in [6.45, 7) is 4.72. The van der Waals surface area contributed by atoms with Gasteiger partial charge in [-0.15, -0.1) is 0 Å². The van der Waals surface area contributed by atoms with Crippen molar-refractivity contribution >= 4 is 27.6 Å². The van der Waals surface area contributed by atoms with Gasteiger partial charge in [0.15, 0.2) is 0 Å². The lowest BCUT2D eigenvalue weighted by Gasteiger charge is -2.33. The number of sulfonamides is 1. The number of urea groups is 1. The number of amides is 3. The largest absolute Gasteiger partial charge is 0.331 e. The van der Waals surface area contributed by atoms with E-state index in [1.165, 1.54) is 21.3 Å². The van der Waals surface area contributed by atoms with E-state index in [9.17, 15) is 18.0 Å². The number of nitrogens with zero attached hydrogens (tertiary/aromatic N) is 3. The van der Waals surface area contributed by atoms with Gasteiger partial charge in [0.25, 0.3) is 0 Å². The molecule has 2 rings (SSSR count). The molecule has 1 saturated heterocycles. The van der Waals surface area contributed by atoms with Gasteiger partial charge >= 0.3 is 6.03 Å². The minimum Gasteiger partial charge on any atom is -0.331 e. The molecule has 0 atom stereocenters. The van der Waals surface area contributed by atoms with E-state index in [-0.39, 0.29) is 28.8 Å². The van der Waals surface area contributed by atoms with Gasteiger partial charge in [-0.1, -0.05) is 0 Å². The molecule has 28 heavy (non-hydrogen) atoms. The Balaban J connectivity index is 1.96. The number of carbonyl (C=O) groups excluding carboxylic acids is 2. The first-order valence-corrected chi connectivity index (χ1v) is 10.8. The fourth-order valence-corrected chi connectivity index (χ4v) is 4.38. The summed E-state index contributed by atoms with van der Waals surface area (Å²) in [6.07, 6.45) is 1.22. The lowest BCUT2D eigenvalue weighted by molar-refractivity contribution is -0.121. The molecule has 1 aliphatic rings. The molecule has 156 valence electrons. The summed E-state index contributed by atoms with van der Waals surface area (Å²) in [7, 11) is 1.42. The van der Waals surface area contributed by atoms with Crippen molar-refractivity contribution in [2.45, 2.75) is 37.6 Å². The summed E-state index contributed by atoms with van der Waals surface area (Å²) in [5.74, 6) is -0.270. The van der Waals surface area contributed by atoms with Crippen molar-refractivity contribution < 1.29 is 18.0 Å². The number of carbonyl (C=O) groups is 2. The molecule has 9 heteroatoms. The van der Waals surface area contributed by atoms with E-state index < -0.39 is 10.0 Å². The molecule has 0 unspecified atom stereocenters. The lowest BCUT2D eigenvalue weighted by atomic mass is 9.96. The van der Waals surface area contributed by atoms with Crippen molar-refractivity contribution in [3.8, 4) is 0 Å². The zero-order valence-corrected chi connectivity index (χ0v) is 18.0. The number of benzene rings is 1. The maximum Gasteiger partial charge on any atom is 0.319 e. The van der Waals surface area contributed by atoms with Crippen LogP contribution in [0.2, 0.25) is 0 Å². The fraction of sp³-hybridized carbons (Fsp3) is 0.579. The van der Waals surface area contributed by atoms with Crippen LogP contribution >= 0.6 is 0 Å². The van der Waals surface area contributed by atoms with Gasteiger partial charge in [-0.25, -0.2) is 13.2 Å². The smallest absolute Gasteiger partial charge is 0.319 e. The van der Waals surface area contributed by atoms with Crippen LogP contribution in [-0.4, -0.2) is 74.7 Å². The molecule has 8 nitrogen and oxygen atoms in total. The van der Waals surface area contributed by atoms with Crippen molar-refractivity contribution in [2.75, 3.05) is 39.5 Å². The van der Waals surface area contributed by atoms with E-state index in [0.29, 0.717) is 31.6 Å². The molecule has 0 radical (unpaired) electrons. The predicted octanol–water partition coefficient (Wildman–Crippen LogP) is 2.05. The summed E-state index contributed by atoms with van der Waals surface area (Å²) < 4.78 is 26.3. The first-order chi connectivity index (χ1) is 13.0. The van der Waals surface area contributed by atoms with E-state index >= 15 is 0 Å². The number of piperidine rings is 1. The van der Waals surface area contributed by atoms with Crippen LogP contribution in [0.5, 0.6) is 0 Å². The number of hydrogen-bond acceptors (Lipinski definition) is 4. The van der Waals surface area contributed by atoms with Crippen molar-refractivity contribution in [1.29, 1.82) is 0 Å². The minimum absolute atomic E-state index is 0.0398. The Morgan fingerprint density at radius 1 is 1.07 bits per heavy atom. The van der Waals surface area contributed by atoms with Gasteiger partial charge in [-0.05, 0) is 51.0 Å². The van der Waals surface area contributed by atoms with E-state index in [0.717, 1.165) is 0 Å². The second kappa shape index (κ2) is 8.91. The maximum absolute atomic E-state index is 12.5. The van der Waals surface area contributed by atoms with Crippen LogP contribution in [0.4, 0.5) is 10.5 Å². The molecule has 1 N–H and O–H groups in total. The molecule has 0 bridgehead atoms. The molecular formula is C19H30N4O4S. The molecule has 0 spiro atoms. The van der Waals surface area contributed by atoms with E-state index in [4.69, 9.17) is 0 Å². The van der Waals surface area contributed by atoms with Crippen LogP contribution in [0.15, 0.2) is 29.2 Å². The van der Waals surface area contributed by atoms with E-state index in [1.807, 2.05) is 13.8 Å². The maximum atomic E-state index is 12.5. The van der Waals surface area contributed by atoms with E-state index in [2.05, 4.69) is 5.32 Å². The van der Waals surface area contributed by atoms with Crippen LogP contribution < -0.4 is 5.32 Å². The summed E-state index contributed by atoms with van der Waals surface area (Å²) in [4.78, 5) is 27.9. The molecule has 3 amide bonds.